The molecule has 0 fully saturated rings. The van der Waals surface area contributed by atoms with E-state index in [1.807, 2.05) is 6.07 Å². The van der Waals surface area contributed by atoms with Gasteiger partial charge in [0.2, 0.25) is 0 Å². The topological polar surface area (TPSA) is 82.1 Å². The van der Waals surface area contributed by atoms with Crippen LogP contribution in [0.3, 0.4) is 0 Å². The number of aliphatic hydroxyl groups excluding tert-OH is 1. The van der Waals surface area contributed by atoms with Gasteiger partial charge in [0.05, 0.1) is 29.1 Å². The molecule has 0 aliphatic rings. The first-order valence-corrected chi connectivity index (χ1v) is 4.85. The van der Waals surface area contributed by atoms with Gasteiger partial charge in [-0.25, -0.2) is 0 Å². The Bertz CT molecular complexity index is 369. The Hall–Kier alpha value is -1.73. The molecule has 4 N–H and O–H groups in total. The van der Waals surface area contributed by atoms with Crippen molar-refractivity contribution in [1.29, 1.82) is 5.26 Å². The van der Waals surface area contributed by atoms with Gasteiger partial charge < -0.3 is 16.2 Å². The summed E-state index contributed by atoms with van der Waals surface area (Å²) in [5.41, 5.74) is 7.64. The lowest BCUT2D eigenvalue weighted by atomic mass is 10.2. The molecule has 0 radical (unpaired) electrons. The highest BCUT2D eigenvalue weighted by Gasteiger charge is 2.00. The average molecular weight is 205 g/mol. The maximum absolute atomic E-state index is 9.07. The number of nitrogens with zero attached hydrogens (tertiary/aromatic N) is 1. The van der Waals surface area contributed by atoms with Gasteiger partial charge in [0, 0.05) is 6.54 Å². The Kier molecular flexibility index (Phi) is 3.95. The third-order valence-corrected chi connectivity index (χ3v) is 2.06. The van der Waals surface area contributed by atoms with Crippen molar-refractivity contribution < 1.29 is 5.11 Å². The van der Waals surface area contributed by atoms with Gasteiger partial charge in [-0.1, -0.05) is 0 Å². The van der Waals surface area contributed by atoms with E-state index in [1.165, 1.54) is 0 Å². The van der Waals surface area contributed by atoms with E-state index in [9.17, 15) is 0 Å². The van der Waals surface area contributed by atoms with E-state index in [0.29, 0.717) is 24.2 Å². The lowest BCUT2D eigenvalue weighted by molar-refractivity contribution is 0.189. The fourth-order valence-corrected chi connectivity index (χ4v) is 1.21. The van der Waals surface area contributed by atoms with Crippen molar-refractivity contribution in [3.63, 3.8) is 0 Å². The quantitative estimate of drug-likeness (QED) is 0.647. The predicted molar refractivity (Wildman–Crippen MR) is 60.4 cm³/mol. The lowest BCUT2D eigenvalue weighted by Crippen LogP contribution is -2.10. The molecule has 0 saturated heterocycles. The minimum Gasteiger partial charge on any atom is -0.397 e. The van der Waals surface area contributed by atoms with Crippen LogP contribution in [0, 0.1) is 11.3 Å². The third kappa shape index (κ3) is 3.49. The fourth-order valence-electron chi connectivity index (χ4n) is 1.21. The van der Waals surface area contributed by atoms with Gasteiger partial charge in [-0.05, 0) is 31.5 Å². The van der Waals surface area contributed by atoms with E-state index in [-0.39, 0.29) is 6.10 Å². The summed E-state index contributed by atoms with van der Waals surface area (Å²) in [7, 11) is 0. The molecule has 1 atom stereocenters. The molecule has 0 aliphatic carbocycles. The zero-order valence-corrected chi connectivity index (χ0v) is 8.70. The minimum absolute atomic E-state index is 0.322. The summed E-state index contributed by atoms with van der Waals surface area (Å²) in [6, 6.07) is 7.13. The highest BCUT2D eigenvalue weighted by atomic mass is 16.3. The molecule has 1 aromatic rings. The highest BCUT2D eigenvalue weighted by Crippen LogP contribution is 2.19. The zero-order chi connectivity index (χ0) is 11.3. The van der Waals surface area contributed by atoms with E-state index in [2.05, 4.69) is 5.32 Å². The number of benzene rings is 1. The lowest BCUT2D eigenvalue weighted by Gasteiger charge is -2.10. The van der Waals surface area contributed by atoms with Crippen LogP contribution in [-0.4, -0.2) is 17.8 Å². The molecule has 0 spiro atoms. The smallest absolute Gasteiger partial charge is 0.0992 e. The van der Waals surface area contributed by atoms with E-state index in [0.717, 1.165) is 5.69 Å². The Morgan fingerprint density at radius 2 is 2.33 bits per heavy atom. The van der Waals surface area contributed by atoms with Crippen LogP contribution in [-0.2, 0) is 0 Å². The first-order valence-electron chi connectivity index (χ1n) is 4.85. The van der Waals surface area contributed by atoms with Gasteiger partial charge in [-0.2, -0.15) is 5.26 Å². The Morgan fingerprint density at radius 3 is 2.87 bits per heavy atom. The number of nitrogens with one attached hydrogen (secondary N) is 1. The molecule has 1 rings (SSSR count). The van der Waals surface area contributed by atoms with Gasteiger partial charge in [0.25, 0.3) is 0 Å². The van der Waals surface area contributed by atoms with Gasteiger partial charge in [0.15, 0.2) is 0 Å². The highest BCUT2D eigenvalue weighted by molar-refractivity contribution is 5.68. The molecule has 0 heterocycles. The van der Waals surface area contributed by atoms with Crippen molar-refractivity contribution >= 4 is 11.4 Å². The normalized spacial score (nSPS) is 11.8. The molecule has 1 aromatic carbocycles. The van der Waals surface area contributed by atoms with E-state index in [4.69, 9.17) is 16.1 Å². The first-order chi connectivity index (χ1) is 7.13. The number of nitrogens with two attached hydrogens (primary N) is 1. The Balaban J connectivity index is 2.59. The predicted octanol–water partition coefficient (Wildman–Crippen LogP) is 1.32. The molecule has 0 saturated carbocycles. The largest absolute Gasteiger partial charge is 0.397 e. The second-order valence-corrected chi connectivity index (χ2v) is 3.48. The maximum atomic E-state index is 9.07. The molecule has 15 heavy (non-hydrogen) atoms. The monoisotopic (exact) mass is 205 g/mol. The molecule has 80 valence electrons. The van der Waals surface area contributed by atoms with Crippen molar-refractivity contribution in [1.82, 2.24) is 0 Å². The second kappa shape index (κ2) is 5.23. The number of anilines is 2. The summed E-state index contributed by atoms with van der Waals surface area (Å²) in [4.78, 5) is 0. The average Bonchev–Trinajstić information content (AvgIpc) is 2.20. The Morgan fingerprint density at radius 1 is 1.60 bits per heavy atom. The van der Waals surface area contributed by atoms with Crippen molar-refractivity contribution in [3.8, 4) is 6.07 Å². The van der Waals surface area contributed by atoms with Crippen LogP contribution >= 0.6 is 0 Å². The molecule has 0 aromatic heterocycles. The number of hydrogen-bond donors (Lipinski definition) is 3. The summed E-state index contributed by atoms with van der Waals surface area (Å²) < 4.78 is 0. The van der Waals surface area contributed by atoms with E-state index >= 15 is 0 Å². The number of nitriles is 1. The number of nitrogen functional groups attached to an aromatic ring is 1. The summed E-state index contributed by atoms with van der Waals surface area (Å²) in [5, 5.41) is 20.8. The first kappa shape index (κ1) is 11.3. The van der Waals surface area contributed by atoms with Crippen molar-refractivity contribution in [2.24, 2.45) is 0 Å². The van der Waals surface area contributed by atoms with Crippen LogP contribution in [0.15, 0.2) is 18.2 Å². The van der Waals surface area contributed by atoms with Crippen LogP contribution in [0.25, 0.3) is 0 Å². The zero-order valence-electron chi connectivity index (χ0n) is 8.70. The summed E-state index contributed by atoms with van der Waals surface area (Å²) in [6.45, 7) is 2.40. The van der Waals surface area contributed by atoms with Crippen LogP contribution in [0.5, 0.6) is 0 Å². The Labute approximate surface area is 89.3 Å². The fraction of sp³-hybridized carbons (Fsp3) is 0.364. The molecular weight excluding hydrogens is 190 g/mol. The number of hydrogen-bond acceptors (Lipinski definition) is 4. The minimum atomic E-state index is -0.322. The summed E-state index contributed by atoms with van der Waals surface area (Å²) >= 11 is 0. The van der Waals surface area contributed by atoms with Crippen molar-refractivity contribution in [3.05, 3.63) is 23.8 Å². The molecule has 4 nitrogen and oxygen atoms in total. The SMILES string of the molecule is CC(O)CCNc1ccc(C#N)cc1N. The molecular formula is C11H15N3O. The van der Waals surface area contributed by atoms with Crippen LogP contribution < -0.4 is 11.1 Å². The van der Waals surface area contributed by atoms with Crippen LogP contribution in [0.4, 0.5) is 11.4 Å². The maximum Gasteiger partial charge on any atom is 0.0992 e. The molecule has 1 unspecified atom stereocenters. The summed E-state index contributed by atoms with van der Waals surface area (Å²) in [5.74, 6) is 0. The second-order valence-electron chi connectivity index (χ2n) is 3.48. The molecule has 0 aliphatic heterocycles. The number of rotatable bonds is 4. The van der Waals surface area contributed by atoms with Crippen LogP contribution in [0.1, 0.15) is 18.9 Å². The number of aliphatic hydroxyl groups is 1. The van der Waals surface area contributed by atoms with Crippen molar-refractivity contribution in [2.75, 3.05) is 17.6 Å². The van der Waals surface area contributed by atoms with E-state index < -0.39 is 0 Å². The van der Waals surface area contributed by atoms with Gasteiger partial charge in [-0.15, -0.1) is 0 Å². The van der Waals surface area contributed by atoms with Gasteiger partial charge in [0.1, 0.15) is 0 Å². The van der Waals surface area contributed by atoms with Crippen molar-refractivity contribution in [2.45, 2.75) is 19.4 Å². The molecule has 0 bridgehead atoms. The standard InChI is InChI=1S/C11H15N3O/c1-8(15)4-5-14-11-3-2-9(7-12)6-10(11)13/h2-3,6,8,14-15H,4-5,13H2,1H3. The summed E-state index contributed by atoms with van der Waals surface area (Å²) in [6.07, 6.45) is 0.344. The van der Waals surface area contributed by atoms with Crippen LogP contribution in [0.2, 0.25) is 0 Å². The van der Waals surface area contributed by atoms with E-state index in [1.54, 1.807) is 25.1 Å². The van der Waals surface area contributed by atoms with Gasteiger partial charge >= 0.3 is 0 Å². The van der Waals surface area contributed by atoms with Gasteiger partial charge in [-0.3, -0.25) is 0 Å². The molecule has 4 heteroatoms. The molecule has 0 amide bonds. The third-order valence-electron chi connectivity index (χ3n) is 2.06.